The van der Waals surface area contributed by atoms with Crippen LogP contribution in [0, 0.1) is 0 Å². The maximum Gasteiger partial charge on any atom is 0.222 e. The molecule has 2 aromatic heterocycles. The zero-order valence-electron chi connectivity index (χ0n) is 10.5. The van der Waals surface area contributed by atoms with E-state index in [2.05, 4.69) is 15.2 Å². The number of hydrogen-bond donors (Lipinski definition) is 1. The standard InChI is InChI=1S/C11H13Cl2N5S/c1-6(2)18-10(14)16-17-11(18)19-5-7-4-15-9(13)3-8(7)12/h3-4,6H,5H2,1-2H3,(H2,14,16). The van der Waals surface area contributed by atoms with Crippen LogP contribution in [0.2, 0.25) is 10.2 Å². The fourth-order valence-corrected chi connectivity index (χ4v) is 3.13. The monoisotopic (exact) mass is 317 g/mol. The van der Waals surface area contributed by atoms with E-state index in [0.29, 0.717) is 21.9 Å². The molecule has 0 radical (unpaired) electrons. The number of aromatic nitrogens is 4. The van der Waals surface area contributed by atoms with Gasteiger partial charge in [0.05, 0.1) is 0 Å². The zero-order chi connectivity index (χ0) is 14.0. The van der Waals surface area contributed by atoms with Crippen LogP contribution in [-0.4, -0.2) is 19.7 Å². The topological polar surface area (TPSA) is 69.6 Å². The molecule has 102 valence electrons. The molecule has 5 nitrogen and oxygen atoms in total. The normalized spacial score (nSPS) is 11.2. The van der Waals surface area contributed by atoms with Gasteiger partial charge in [-0.15, -0.1) is 10.2 Å². The number of thioether (sulfide) groups is 1. The Kier molecular flexibility index (Phi) is 4.54. The molecular weight excluding hydrogens is 305 g/mol. The number of nitrogens with zero attached hydrogens (tertiary/aromatic N) is 4. The third-order valence-corrected chi connectivity index (χ3v) is 4.01. The molecule has 2 aromatic rings. The van der Waals surface area contributed by atoms with Gasteiger partial charge < -0.3 is 5.73 Å². The van der Waals surface area contributed by atoms with Crippen molar-refractivity contribution in [2.45, 2.75) is 30.8 Å². The Morgan fingerprint density at radius 2 is 2.11 bits per heavy atom. The summed E-state index contributed by atoms with van der Waals surface area (Å²) in [6, 6.07) is 1.83. The molecule has 2 N–H and O–H groups in total. The van der Waals surface area contributed by atoms with E-state index in [1.807, 2.05) is 18.4 Å². The molecule has 0 saturated heterocycles. The molecule has 0 spiro atoms. The Morgan fingerprint density at radius 3 is 2.74 bits per heavy atom. The summed E-state index contributed by atoms with van der Waals surface area (Å²) in [7, 11) is 0. The highest BCUT2D eigenvalue weighted by molar-refractivity contribution is 7.98. The molecule has 0 unspecified atom stereocenters. The van der Waals surface area contributed by atoms with E-state index in [1.54, 1.807) is 12.3 Å². The highest BCUT2D eigenvalue weighted by Crippen LogP contribution is 2.28. The minimum atomic E-state index is 0.205. The van der Waals surface area contributed by atoms with Gasteiger partial charge in [-0.25, -0.2) is 4.98 Å². The molecule has 0 aliphatic rings. The molecule has 0 atom stereocenters. The Balaban J connectivity index is 2.15. The third kappa shape index (κ3) is 3.32. The lowest BCUT2D eigenvalue weighted by Crippen LogP contribution is -2.07. The Hall–Kier alpha value is -0.980. The van der Waals surface area contributed by atoms with Gasteiger partial charge in [-0.3, -0.25) is 4.57 Å². The maximum atomic E-state index is 6.10. The number of anilines is 1. The average Bonchev–Trinajstić information content (AvgIpc) is 2.69. The summed E-state index contributed by atoms with van der Waals surface area (Å²) in [5, 5.41) is 9.69. The summed E-state index contributed by atoms with van der Waals surface area (Å²) in [4.78, 5) is 4.02. The first-order chi connectivity index (χ1) is 8.99. The molecule has 8 heteroatoms. The van der Waals surface area contributed by atoms with Crippen LogP contribution in [0.1, 0.15) is 25.5 Å². The lowest BCUT2D eigenvalue weighted by Gasteiger charge is -2.11. The van der Waals surface area contributed by atoms with Crippen LogP contribution in [0.5, 0.6) is 0 Å². The minimum absolute atomic E-state index is 0.205. The van der Waals surface area contributed by atoms with Crippen molar-refractivity contribution in [3.05, 3.63) is 28.0 Å². The van der Waals surface area contributed by atoms with Crippen molar-refractivity contribution in [1.29, 1.82) is 0 Å². The fraction of sp³-hybridized carbons (Fsp3) is 0.364. The van der Waals surface area contributed by atoms with Gasteiger partial charge in [0.1, 0.15) is 5.15 Å². The zero-order valence-corrected chi connectivity index (χ0v) is 12.8. The summed E-state index contributed by atoms with van der Waals surface area (Å²) >= 11 is 13.4. The van der Waals surface area contributed by atoms with E-state index in [4.69, 9.17) is 28.9 Å². The van der Waals surface area contributed by atoms with Crippen LogP contribution in [-0.2, 0) is 5.75 Å². The molecule has 2 heterocycles. The van der Waals surface area contributed by atoms with Crippen LogP contribution in [0.25, 0.3) is 0 Å². The van der Waals surface area contributed by atoms with Gasteiger partial charge in [-0.2, -0.15) is 0 Å². The van der Waals surface area contributed by atoms with Crippen molar-refractivity contribution in [3.63, 3.8) is 0 Å². The first-order valence-corrected chi connectivity index (χ1v) is 7.36. The molecule has 2 rings (SSSR count). The lowest BCUT2D eigenvalue weighted by molar-refractivity contribution is 0.557. The fourth-order valence-electron chi connectivity index (χ4n) is 1.56. The van der Waals surface area contributed by atoms with Crippen LogP contribution in [0.4, 0.5) is 5.95 Å². The van der Waals surface area contributed by atoms with Gasteiger partial charge in [0.25, 0.3) is 0 Å². The van der Waals surface area contributed by atoms with Crippen LogP contribution >= 0.6 is 35.0 Å². The summed E-state index contributed by atoms with van der Waals surface area (Å²) in [5.41, 5.74) is 6.68. The van der Waals surface area contributed by atoms with Gasteiger partial charge in [-0.1, -0.05) is 35.0 Å². The van der Waals surface area contributed by atoms with Gasteiger partial charge in [0.15, 0.2) is 5.16 Å². The van der Waals surface area contributed by atoms with Crippen molar-refractivity contribution in [2.75, 3.05) is 5.73 Å². The largest absolute Gasteiger partial charge is 0.368 e. The lowest BCUT2D eigenvalue weighted by atomic mass is 10.3. The molecule has 0 aromatic carbocycles. The molecule has 19 heavy (non-hydrogen) atoms. The minimum Gasteiger partial charge on any atom is -0.368 e. The average molecular weight is 318 g/mol. The summed E-state index contributed by atoms with van der Waals surface area (Å²) in [6.07, 6.45) is 1.66. The number of pyridine rings is 1. The molecular formula is C11H13Cl2N5S. The molecule has 0 fully saturated rings. The van der Waals surface area contributed by atoms with Crippen molar-refractivity contribution in [1.82, 2.24) is 19.7 Å². The first-order valence-electron chi connectivity index (χ1n) is 5.62. The van der Waals surface area contributed by atoms with Gasteiger partial charge in [-0.05, 0) is 25.5 Å². The van der Waals surface area contributed by atoms with Crippen molar-refractivity contribution >= 4 is 40.9 Å². The molecule has 0 bridgehead atoms. The van der Waals surface area contributed by atoms with E-state index in [0.717, 1.165) is 10.7 Å². The van der Waals surface area contributed by atoms with Crippen LogP contribution < -0.4 is 5.73 Å². The first kappa shape index (κ1) is 14.4. The molecule has 0 aliphatic heterocycles. The van der Waals surface area contributed by atoms with Gasteiger partial charge in [0.2, 0.25) is 5.95 Å². The van der Waals surface area contributed by atoms with Crippen LogP contribution in [0.15, 0.2) is 17.4 Å². The number of hydrogen-bond acceptors (Lipinski definition) is 5. The Labute approximate surface area is 125 Å². The Morgan fingerprint density at radius 1 is 1.37 bits per heavy atom. The van der Waals surface area contributed by atoms with Gasteiger partial charge in [0, 0.05) is 23.0 Å². The van der Waals surface area contributed by atoms with E-state index >= 15 is 0 Å². The number of halogens is 2. The third-order valence-electron chi connectivity index (χ3n) is 2.46. The SMILES string of the molecule is CC(C)n1c(N)nnc1SCc1cnc(Cl)cc1Cl. The van der Waals surface area contributed by atoms with Crippen molar-refractivity contribution < 1.29 is 0 Å². The van der Waals surface area contributed by atoms with E-state index in [1.165, 1.54) is 11.8 Å². The summed E-state index contributed by atoms with van der Waals surface area (Å²) in [6.45, 7) is 4.06. The molecule has 0 amide bonds. The second-order valence-corrected chi connectivity index (χ2v) is 5.93. The highest BCUT2D eigenvalue weighted by atomic mass is 35.5. The smallest absolute Gasteiger partial charge is 0.222 e. The summed E-state index contributed by atoms with van der Waals surface area (Å²) < 4.78 is 1.88. The predicted molar refractivity (Wildman–Crippen MR) is 78.6 cm³/mol. The highest BCUT2D eigenvalue weighted by Gasteiger charge is 2.13. The second kappa shape index (κ2) is 5.98. The molecule has 0 saturated carbocycles. The van der Waals surface area contributed by atoms with E-state index < -0.39 is 0 Å². The van der Waals surface area contributed by atoms with Crippen molar-refractivity contribution in [3.8, 4) is 0 Å². The second-order valence-electron chi connectivity index (χ2n) is 4.19. The number of nitrogen functional groups attached to an aromatic ring is 1. The predicted octanol–water partition coefficient (Wildman–Crippen LogP) is 3.44. The number of rotatable bonds is 4. The van der Waals surface area contributed by atoms with E-state index in [-0.39, 0.29) is 6.04 Å². The van der Waals surface area contributed by atoms with E-state index in [9.17, 15) is 0 Å². The Bertz CT molecular complexity index is 584. The summed E-state index contributed by atoms with van der Waals surface area (Å²) in [5.74, 6) is 1.05. The van der Waals surface area contributed by atoms with Gasteiger partial charge >= 0.3 is 0 Å². The quantitative estimate of drug-likeness (QED) is 0.691. The number of nitrogens with two attached hydrogens (primary N) is 1. The van der Waals surface area contributed by atoms with Crippen molar-refractivity contribution in [2.24, 2.45) is 0 Å². The van der Waals surface area contributed by atoms with Crippen LogP contribution in [0.3, 0.4) is 0 Å². The molecule has 0 aliphatic carbocycles. The maximum absolute atomic E-state index is 6.10.